The van der Waals surface area contributed by atoms with Crippen LogP contribution in [0.3, 0.4) is 0 Å². The Morgan fingerprint density at radius 3 is 2.75 bits per heavy atom. The maximum atomic E-state index is 12.8. The number of benzene rings is 2. The average Bonchev–Trinajstić information content (AvgIpc) is 3.51. The zero-order valence-electron chi connectivity index (χ0n) is 17.2. The molecule has 2 aromatic heterocycles. The number of thiophene rings is 1. The Balaban J connectivity index is 1.34. The SMILES string of the molecule is O=C(Cn1cccn1)Nc1cccc(CNC(=O)c2ccccc2SCc2cccs2)c1. The summed E-state index contributed by atoms with van der Waals surface area (Å²) in [6.45, 7) is 0.513. The van der Waals surface area contributed by atoms with Crippen molar-refractivity contribution in [1.29, 1.82) is 0 Å². The number of carbonyl (C=O) groups is 2. The van der Waals surface area contributed by atoms with Crippen LogP contribution in [-0.4, -0.2) is 21.6 Å². The molecule has 32 heavy (non-hydrogen) atoms. The van der Waals surface area contributed by atoms with Gasteiger partial charge in [-0.15, -0.1) is 23.1 Å². The van der Waals surface area contributed by atoms with E-state index in [2.05, 4.69) is 27.2 Å². The Morgan fingerprint density at radius 1 is 1.03 bits per heavy atom. The number of hydrogen-bond acceptors (Lipinski definition) is 5. The summed E-state index contributed by atoms with van der Waals surface area (Å²) in [5.41, 5.74) is 2.25. The highest BCUT2D eigenvalue weighted by molar-refractivity contribution is 7.98. The van der Waals surface area contributed by atoms with Gasteiger partial charge in [0.1, 0.15) is 6.54 Å². The molecule has 0 aliphatic rings. The summed E-state index contributed by atoms with van der Waals surface area (Å²) < 4.78 is 1.56. The van der Waals surface area contributed by atoms with E-state index in [0.717, 1.165) is 16.2 Å². The zero-order chi connectivity index (χ0) is 22.2. The molecule has 2 aromatic carbocycles. The van der Waals surface area contributed by atoms with Crippen LogP contribution in [0, 0.1) is 0 Å². The number of hydrogen-bond donors (Lipinski definition) is 2. The number of nitrogens with one attached hydrogen (secondary N) is 2. The minimum atomic E-state index is -0.161. The van der Waals surface area contributed by atoms with Crippen molar-refractivity contribution >= 4 is 40.6 Å². The lowest BCUT2D eigenvalue weighted by Gasteiger charge is -2.11. The average molecular weight is 463 g/mol. The lowest BCUT2D eigenvalue weighted by molar-refractivity contribution is -0.116. The van der Waals surface area contributed by atoms with Crippen LogP contribution in [0.25, 0.3) is 0 Å². The van der Waals surface area contributed by atoms with Crippen LogP contribution in [0.1, 0.15) is 20.8 Å². The predicted octanol–water partition coefficient (Wildman–Crippen LogP) is 4.81. The smallest absolute Gasteiger partial charge is 0.252 e. The summed E-state index contributed by atoms with van der Waals surface area (Å²) in [6.07, 6.45) is 3.37. The van der Waals surface area contributed by atoms with Gasteiger partial charge in [0.2, 0.25) is 5.91 Å². The number of rotatable bonds is 9. The van der Waals surface area contributed by atoms with Crippen LogP contribution in [0.15, 0.2) is 89.4 Å². The van der Waals surface area contributed by atoms with Crippen LogP contribution < -0.4 is 10.6 Å². The number of aromatic nitrogens is 2. The van der Waals surface area contributed by atoms with Crippen LogP contribution >= 0.6 is 23.1 Å². The molecular weight excluding hydrogens is 440 g/mol. The third-order valence-corrected chi connectivity index (χ3v) is 6.79. The molecule has 0 atom stereocenters. The van der Waals surface area contributed by atoms with E-state index in [1.165, 1.54) is 4.88 Å². The molecule has 0 bridgehead atoms. The van der Waals surface area contributed by atoms with Gasteiger partial charge in [-0.2, -0.15) is 5.10 Å². The van der Waals surface area contributed by atoms with E-state index >= 15 is 0 Å². The fraction of sp³-hybridized carbons (Fsp3) is 0.125. The van der Waals surface area contributed by atoms with Gasteiger partial charge in [-0.3, -0.25) is 14.3 Å². The maximum Gasteiger partial charge on any atom is 0.252 e. The van der Waals surface area contributed by atoms with E-state index in [1.807, 2.05) is 54.6 Å². The van der Waals surface area contributed by atoms with E-state index in [9.17, 15) is 9.59 Å². The molecule has 0 saturated heterocycles. The van der Waals surface area contributed by atoms with Crippen molar-refractivity contribution in [2.75, 3.05) is 5.32 Å². The lowest BCUT2D eigenvalue weighted by Crippen LogP contribution is -2.23. The van der Waals surface area contributed by atoms with E-state index < -0.39 is 0 Å². The monoisotopic (exact) mass is 462 g/mol. The number of thioether (sulfide) groups is 1. The van der Waals surface area contributed by atoms with Crippen LogP contribution in [0.2, 0.25) is 0 Å². The van der Waals surface area contributed by atoms with Gasteiger partial charge >= 0.3 is 0 Å². The second-order valence-electron chi connectivity index (χ2n) is 7.00. The number of carbonyl (C=O) groups excluding carboxylic acids is 2. The minimum absolute atomic E-state index is 0.118. The molecular formula is C24H22N4O2S2. The van der Waals surface area contributed by atoms with E-state index in [4.69, 9.17) is 0 Å². The molecule has 0 saturated carbocycles. The summed E-state index contributed by atoms with van der Waals surface area (Å²) in [7, 11) is 0. The van der Waals surface area contributed by atoms with Crippen molar-refractivity contribution in [2.24, 2.45) is 0 Å². The highest BCUT2D eigenvalue weighted by Crippen LogP contribution is 2.28. The molecule has 0 aliphatic carbocycles. The first-order valence-electron chi connectivity index (χ1n) is 10.1. The Kier molecular flexibility index (Phi) is 7.37. The summed E-state index contributed by atoms with van der Waals surface area (Å²) >= 11 is 3.37. The first kappa shape index (κ1) is 21.9. The quantitative estimate of drug-likeness (QED) is 0.350. The van der Waals surface area contributed by atoms with E-state index in [0.29, 0.717) is 17.8 Å². The third kappa shape index (κ3) is 6.09. The van der Waals surface area contributed by atoms with Crippen molar-refractivity contribution < 1.29 is 9.59 Å². The first-order chi connectivity index (χ1) is 15.7. The molecule has 2 heterocycles. The fourth-order valence-electron chi connectivity index (χ4n) is 3.10. The number of nitrogens with zero attached hydrogens (tertiary/aromatic N) is 2. The van der Waals surface area contributed by atoms with Gasteiger partial charge in [-0.05, 0) is 47.3 Å². The molecule has 2 amide bonds. The Bertz CT molecular complexity index is 1170. The molecule has 0 unspecified atom stereocenters. The van der Waals surface area contributed by atoms with Gasteiger partial charge in [-0.25, -0.2) is 0 Å². The Labute approximate surface area is 194 Å². The maximum absolute atomic E-state index is 12.8. The van der Waals surface area contributed by atoms with Crippen molar-refractivity contribution in [1.82, 2.24) is 15.1 Å². The molecule has 2 N–H and O–H groups in total. The van der Waals surface area contributed by atoms with E-state index in [-0.39, 0.29) is 18.4 Å². The predicted molar refractivity (Wildman–Crippen MR) is 129 cm³/mol. The topological polar surface area (TPSA) is 76.0 Å². The Hall–Kier alpha value is -3.36. The lowest BCUT2D eigenvalue weighted by atomic mass is 10.1. The molecule has 4 rings (SSSR count). The van der Waals surface area contributed by atoms with Crippen molar-refractivity contribution in [3.8, 4) is 0 Å². The molecule has 0 fully saturated rings. The largest absolute Gasteiger partial charge is 0.348 e. The molecule has 0 radical (unpaired) electrons. The summed E-state index contributed by atoms with van der Waals surface area (Å²) in [6, 6.07) is 21.0. The summed E-state index contributed by atoms with van der Waals surface area (Å²) in [5, 5.41) is 11.9. The minimum Gasteiger partial charge on any atom is -0.348 e. The zero-order valence-corrected chi connectivity index (χ0v) is 18.9. The van der Waals surface area contributed by atoms with Crippen molar-refractivity contribution in [3.05, 3.63) is 101 Å². The molecule has 8 heteroatoms. The van der Waals surface area contributed by atoms with Crippen LogP contribution in [0.5, 0.6) is 0 Å². The summed E-state index contributed by atoms with van der Waals surface area (Å²) in [4.78, 5) is 27.3. The first-order valence-corrected chi connectivity index (χ1v) is 11.9. The van der Waals surface area contributed by atoms with Crippen LogP contribution in [-0.2, 0) is 23.6 Å². The molecule has 6 nitrogen and oxygen atoms in total. The molecule has 4 aromatic rings. The normalized spacial score (nSPS) is 10.6. The highest BCUT2D eigenvalue weighted by atomic mass is 32.2. The number of amides is 2. The summed E-state index contributed by atoms with van der Waals surface area (Å²) in [5.74, 6) is 0.557. The highest BCUT2D eigenvalue weighted by Gasteiger charge is 2.12. The van der Waals surface area contributed by atoms with Crippen LogP contribution in [0.4, 0.5) is 5.69 Å². The molecule has 0 aliphatic heterocycles. The van der Waals surface area contributed by atoms with Gasteiger partial charge in [-0.1, -0.05) is 30.3 Å². The second kappa shape index (κ2) is 10.8. The Morgan fingerprint density at radius 2 is 1.94 bits per heavy atom. The van der Waals surface area contributed by atoms with Crippen molar-refractivity contribution in [3.63, 3.8) is 0 Å². The molecule has 162 valence electrons. The standard InChI is InChI=1S/C24H22N4O2S2/c29-23(16-28-12-5-11-26-28)27-19-7-3-6-18(14-19)15-25-24(30)21-9-1-2-10-22(21)32-17-20-8-4-13-31-20/h1-14H,15-17H2,(H,25,30)(H,27,29). The third-order valence-electron chi connectivity index (χ3n) is 4.61. The second-order valence-corrected chi connectivity index (χ2v) is 9.05. The van der Waals surface area contributed by atoms with Crippen molar-refractivity contribution in [2.45, 2.75) is 23.7 Å². The molecule has 0 spiro atoms. The van der Waals surface area contributed by atoms with Gasteiger partial charge < -0.3 is 10.6 Å². The van der Waals surface area contributed by atoms with Gasteiger partial charge in [0, 0.05) is 40.2 Å². The van der Waals surface area contributed by atoms with Gasteiger partial charge in [0.05, 0.1) is 5.56 Å². The fourth-order valence-corrected chi connectivity index (χ4v) is 4.92. The number of anilines is 1. The van der Waals surface area contributed by atoms with Gasteiger partial charge in [0.25, 0.3) is 5.91 Å². The van der Waals surface area contributed by atoms with Gasteiger partial charge in [0.15, 0.2) is 0 Å². The van der Waals surface area contributed by atoms with E-state index in [1.54, 1.807) is 46.2 Å².